The highest BCUT2D eigenvalue weighted by atomic mass is 16.3. The molecule has 208 valence electrons. The van der Waals surface area contributed by atoms with E-state index in [4.69, 9.17) is 5.73 Å². The van der Waals surface area contributed by atoms with Crippen molar-refractivity contribution in [2.75, 3.05) is 18.5 Å². The van der Waals surface area contributed by atoms with E-state index in [1.54, 1.807) is 6.20 Å². The molecule has 0 aliphatic carbocycles. The number of hydrogen-bond acceptors (Lipinski definition) is 6. The molecule has 0 radical (unpaired) electrons. The average molecular weight is 533 g/mol. The summed E-state index contributed by atoms with van der Waals surface area (Å²) in [7, 11) is 0. The third-order valence-electron chi connectivity index (χ3n) is 7.74. The van der Waals surface area contributed by atoms with E-state index in [2.05, 4.69) is 54.0 Å². The minimum absolute atomic E-state index is 0.00682. The van der Waals surface area contributed by atoms with Crippen molar-refractivity contribution in [2.45, 2.75) is 70.1 Å². The van der Waals surface area contributed by atoms with Gasteiger partial charge in [0.05, 0.1) is 30.4 Å². The number of aliphatic hydroxyl groups excluding tert-OH is 1. The number of carbonyl (C=O) groups is 2. The van der Waals surface area contributed by atoms with E-state index in [0.717, 1.165) is 24.0 Å². The van der Waals surface area contributed by atoms with Crippen LogP contribution in [-0.2, 0) is 22.3 Å². The zero-order chi connectivity index (χ0) is 28.2. The quantitative estimate of drug-likeness (QED) is 0.272. The molecule has 0 bridgehead atoms. The second kappa shape index (κ2) is 11.6. The number of nitrogens with zero attached hydrogens (tertiary/aromatic N) is 2. The van der Waals surface area contributed by atoms with Crippen LogP contribution in [0.25, 0.3) is 0 Å². The van der Waals surface area contributed by atoms with Gasteiger partial charge in [0.15, 0.2) is 0 Å². The number of fused-ring (bicyclic) bond motifs is 1. The van der Waals surface area contributed by atoms with Gasteiger partial charge in [0.2, 0.25) is 0 Å². The molecule has 39 heavy (non-hydrogen) atoms. The van der Waals surface area contributed by atoms with Crippen LogP contribution < -0.4 is 21.7 Å². The van der Waals surface area contributed by atoms with Gasteiger partial charge in [-0.25, -0.2) is 4.68 Å². The number of aromatic nitrogens is 2. The smallest absolute Gasteiger partial charge is 0.257 e. The van der Waals surface area contributed by atoms with Gasteiger partial charge in [-0.1, -0.05) is 68.4 Å². The summed E-state index contributed by atoms with van der Waals surface area (Å²) in [4.78, 5) is 27.8. The number of nitrogens with one attached hydrogen (secondary N) is 3. The normalized spacial score (nSPS) is 18.3. The van der Waals surface area contributed by atoms with Crippen molar-refractivity contribution in [3.05, 3.63) is 83.0 Å². The molecular formula is C30H40N6O3. The molecule has 0 fully saturated rings. The standard InChI is InChI=1S/C30H40N6O3/c1-5-20-12-14-22(15-13-20)30(6-2,28(39)33-23(17-31)19-37)35-27(38)24-18-32-36-26(24)34-25(16-29(36,3)4)21-10-8-7-9-11-21/h7-15,18,23,25,34,37H,5-6,16-17,19,31H2,1-4H3,(H,33,39)(H,35,38)/t23-,25-,30?/m1/s1. The number of aryl methyl sites for hydroxylation is 1. The van der Waals surface area contributed by atoms with Crippen LogP contribution in [0.3, 0.4) is 0 Å². The van der Waals surface area contributed by atoms with Crippen LogP contribution in [0.2, 0.25) is 0 Å². The Kier molecular flexibility index (Phi) is 8.42. The minimum atomic E-state index is -1.39. The molecule has 1 aromatic heterocycles. The molecule has 3 aromatic rings. The van der Waals surface area contributed by atoms with Crippen LogP contribution in [0, 0.1) is 0 Å². The number of benzene rings is 2. The van der Waals surface area contributed by atoms with E-state index in [1.807, 2.05) is 54.1 Å². The largest absolute Gasteiger partial charge is 0.394 e. The molecule has 6 N–H and O–H groups in total. The molecule has 0 saturated heterocycles. The number of hydrogen-bond donors (Lipinski definition) is 5. The Labute approximate surface area is 230 Å². The predicted octanol–water partition coefficient (Wildman–Crippen LogP) is 3.21. The highest BCUT2D eigenvalue weighted by molar-refractivity contribution is 6.03. The molecule has 2 amide bonds. The van der Waals surface area contributed by atoms with Crippen LogP contribution in [0.15, 0.2) is 60.8 Å². The lowest BCUT2D eigenvalue weighted by molar-refractivity contribution is -0.129. The molecule has 1 unspecified atom stereocenters. The van der Waals surface area contributed by atoms with Gasteiger partial charge >= 0.3 is 0 Å². The van der Waals surface area contributed by atoms with E-state index in [1.165, 1.54) is 0 Å². The van der Waals surface area contributed by atoms with Gasteiger partial charge in [0.1, 0.15) is 16.9 Å². The fourth-order valence-corrected chi connectivity index (χ4v) is 5.29. The number of carbonyl (C=O) groups excluding carboxylic acids is 2. The summed E-state index contributed by atoms with van der Waals surface area (Å²) >= 11 is 0. The van der Waals surface area contributed by atoms with E-state index in [9.17, 15) is 14.7 Å². The average Bonchev–Trinajstić information content (AvgIpc) is 3.40. The first kappa shape index (κ1) is 28.3. The van der Waals surface area contributed by atoms with Crippen molar-refractivity contribution in [1.82, 2.24) is 20.4 Å². The third kappa shape index (κ3) is 5.55. The minimum Gasteiger partial charge on any atom is -0.394 e. The summed E-state index contributed by atoms with van der Waals surface area (Å²) in [5, 5.41) is 23.7. The molecule has 4 rings (SSSR count). The third-order valence-corrected chi connectivity index (χ3v) is 7.74. The van der Waals surface area contributed by atoms with Crippen molar-refractivity contribution in [3.63, 3.8) is 0 Å². The first-order chi connectivity index (χ1) is 18.7. The summed E-state index contributed by atoms with van der Waals surface area (Å²) in [6.07, 6.45) is 3.49. The highest BCUT2D eigenvalue weighted by Gasteiger charge is 2.43. The van der Waals surface area contributed by atoms with Crippen LogP contribution in [0.5, 0.6) is 0 Å². The second-order valence-corrected chi connectivity index (χ2v) is 10.8. The number of aliphatic hydroxyl groups is 1. The number of nitrogens with two attached hydrogens (primary N) is 1. The Morgan fingerprint density at radius 3 is 2.46 bits per heavy atom. The summed E-state index contributed by atoms with van der Waals surface area (Å²) in [5.41, 5.74) is 7.28. The van der Waals surface area contributed by atoms with Gasteiger partial charge in [-0.05, 0) is 49.8 Å². The molecule has 2 aromatic carbocycles. The summed E-state index contributed by atoms with van der Waals surface area (Å²) in [5.74, 6) is -0.235. The van der Waals surface area contributed by atoms with E-state index in [-0.39, 0.29) is 31.2 Å². The first-order valence-corrected chi connectivity index (χ1v) is 13.6. The van der Waals surface area contributed by atoms with Crippen molar-refractivity contribution in [3.8, 4) is 0 Å². The maximum absolute atomic E-state index is 14.0. The molecule has 3 atom stereocenters. The Morgan fingerprint density at radius 1 is 1.18 bits per heavy atom. The van der Waals surface area contributed by atoms with Crippen LogP contribution in [0.4, 0.5) is 5.82 Å². The van der Waals surface area contributed by atoms with E-state index < -0.39 is 23.4 Å². The fraction of sp³-hybridized carbons (Fsp3) is 0.433. The van der Waals surface area contributed by atoms with Crippen LogP contribution >= 0.6 is 0 Å². The second-order valence-electron chi connectivity index (χ2n) is 10.8. The predicted molar refractivity (Wildman–Crippen MR) is 152 cm³/mol. The van der Waals surface area contributed by atoms with Crippen molar-refractivity contribution in [2.24, 2.45) is 5.73 Å². The van der Waals surface area contributed by atoms with Gasteiger partial charge in [0.25, 0.3) is 11.8 Å². The zero-order valence-electron chi connectivity index (χ0n) is 23.2. The van der Waals surface area contributed by atoms with Gasteiger partial charge < -0.3 is 26.8 Å². The molecular weight excluding hydrogens is 492 g/mol. The van der Waals surface area contributed by atoms with Gasteiger partial charge in [-0.2, -0.15) is 5.10 Å². The molecule has 0 spiro atoms. The Balaban J connectivity index is 1.72. The topological polar surface area (TPSA) is 134 Å². The maximum atomic E-state index is 14.0. The number of amides is 2. The Bertz CT molecular complexity index is 1280. The SMILES string of the molecule is CCc1ccc(C(CC)(NC(=O)c2cnn3c2N[C@@H](c2ccccc2)CC3(C)C)C(=O)N[C@H](CN)CO)cc1. The lowest BCUT2D eigenvalue weighted by Gasteiger charge is -2.38. The number of rotatable bonds is 10. The Morgan fingerprint density at radius 2 is 1.87 bits per heavy atom. The summed E-state index contributed by atoms with van der Waals surface area (Å²) < 4.78 is 1.85. The van der Waals surface area contributed by atoms with Gasteiger partial charge in [-0.3, -0.25) is 9.59 Å². The zero-order valence-corrected chi connectivity index (χ0v) is 23.2. The van der Waals surface area contributed by atoms with E-state index >= 15 is 0 Å². The lowest BCUT2D eigenvalue weighted by Crippen LogP contribution is -2.59. The summed E-state index contributed by atoms with van der Waals surface area (Å²) in [6, 6.07) is 17.2. The molecule has 1 aliphatic rings. The molecule has 0 saturated carbocycles. The van der Waals surface area contributed by atoms with Gasteiger partial charge in [0, 0.05) is 6.54 Å². The maximum Gasteiger partial charge on any atom is 0.257 e. The highest BCUT2D eigenvalue weighted by Crippen LogP contribution is 2.40. The number of anilines is 1. The van der Waals surface area contributed by atoms with Crippen molar-refractivity contribution in [1.29, 1.82) is 0 Å². The monoisotopic (exact) mass is 532 g/mol. The molecule has 9 heteroatoms. The van der Waals surface area contributed by atoms with E-state index in [0.29, 0.717) is 16.9 Å². The van der Waals surface area contributed by atoms with Crippen LogP contribution in [0.1, 0.15) is 73.6 Å². The Hall–Kier alpha value is -3.69. The summed E-state index contributed by atoms with van der Waals surface area (Å²) in [6.45, 7) is 7.88. The van der Waals surface area contributed by atoms with Crippen LogP contribution in [-0.4, -0.2) is 45.9 Å². The fourth-order valence-electron chi connectivity index (χ4n) is 5.29. The molecule has 2 heterocycles. The van der Waals surface area contributed by atoms with Crippen molar-refractivity contribution < 1.29 is 14.7 Å². The first-order valence-electron chi connectivity index (χ1n) is 13.6. The van der Waals surface area contributed by atoms with Crippen molar-refractivity contribution >= 4 is 17.6 Å². The molecule has 9 nitrogen and oxygen atoms in total. The lowest BCUT2D eigenvalue weighted by atomic mass is 9.84. The van der Waals surface area contributed by atoms with Gasteiger partial charge in [-0.15, -0.1) is 0 Å². The molecule has 1 aliphatic heterocycles.